The Labute approximate surface area is 94.1 Å². The van der Waals surface area contributed by atoms with Crippen LogP contribution in [-0.2, 0) is 12.6 Å². The van der Waals surface area contributed by atoms with E-state index >= 15 is 0 Å². The Bertz CT molecular complexity index is 466. The van der Waals surface area contributed by atoms with Gasteiger partial charge in [0, 0.05) is 11.4 Å². The standard InChI is InChI=1S/C12H10N2S/c15-12-13-9-8-11(14-12)7-6-10-4-2-1-3-5-10/h1-9H,(H,13,14,15)/p-1. The van der Waals surface area contributed by atoms with Crippen molar-refractivity contribution in [1.29, 1.82) is 0 Å². The summed E-state index contributed by atoms with van der Waals surface area (Å²) in [6, 6.07) is 11.9. The van der Waals surface area contributed by atoms with Gasteiger partial charge in [-0.25, -0.2) is 0 Å². The molecule has 0 N–H and O–H groups in total. The van der Waals surface area contributed by atoms with Gasteiger partial charge in [0.15, 0.2) is 0 Å². The summed E-state index contributed by atoms with van der Waals surface area (Å²) in [5, 5.41) is 0.380. The minimum absolute atomic E-state index is 0.380. The van der Waals surface area contributed by atoms with Gasteiger partial charge in [-0.2, -0.15) is 0 Å². The van der Waals surface area contributed by atoms with Crippen molar-refractivity contribution >= 4 is 24.8 Å². The largest absolute Gasteiger partial charge is 0.740 e. The van der Waals surface area contributed by atoms with E-state index in [2.05, 4.69) is 9.97 Å². The molecule has 0 saturated heterocycles. The fraction of sp³-hybridized carbons (Fsp3) is 0. The van der Waals surface area contributed by atoms with Crippen molar-refractivity contribution in [2.75, 3.05) is 0 Å². The van der Waals surface area contributed by atoms with Gasteiger partial charge in [-0.3, -0.25) is 9.97 Å². The molecule has 0 bridgehead atoms. The van der Waals surface area contributed by atoms with Gasteiger partial charge in [0.1, 0.15) is 0 Å². The van der Waals surface area contributed by atoms with Gasteiger partial charge in [-0.05, 0) is 17.7 Å². The quantitative estimate of drug-likeness (QED) is 0.566. The van der Waals surface area contributed by atoms with Crippen LogP contribution in [0.1, 0.15) is 11.3 Å². The van der Waals surface area contributed by atoms with Crippen LogP contribution in [0, 0.1) is 0 Å². The summed E-state index contributed by atoms with van der Waals surface area (Å²) in [6.07, 6.45) is 5.59. The van der Waals surface area contributed by atoms with Crippen molar-refractivity contribution in [2.24, 2.45) is 0 Å². The topological polar surface area (TPSA) is 25.8 Å². The Morgan fingerprint density at radius 3 is 2.53 bits per heavy atom. The number of aromatic nitrogens is 2. The third kappa shape index (κ3) is 2.86. The number of rotatable bonds is 2. The highest BCUT2D eigenvalue weighted by Gasteiger charge is 1.87. The molecule has 0 amide bonds. The highest BCUT2D eigenvalue weighted by molar-refractivity contribution is 7.58. The number of nitrogens with zero attached hydrogens (tertiary/aromatic N) is 2. The van der Waals surface area contributed by atoms with Gasteiger partial charge in [0.05, 0.1) is 5.69 Å². The SMILES string of the molecule is [S-]c1nccc(C=Cc2ccccc2)n1. The van der Waals surface area contributed by atoms with Gasteiger partial charge in [-0.1, -0.05) is 36.4 Å². The van der Waals surface area contributed by atoms with Gasteiger partial charge in [-0.15, -0.1) is 0 Å². The lowest BCUT2D eigenvalue weighted by molar-refractivity contribution is 0.964. The molecular formula is C12H9N2S-. The van der Waals surface area contributed by atoms with Crippen molar-refractivity contribution in [2.45, 2.75) is 5.16 Å². The fourth-order valence-electron chi connectivity index (χ4n) is 1.19. The smallest absolute Gasteiger partial charge is 0.0645 e. The Hall–Kier alpha value is -1.74. The first-order valence-corrected chi connectivity index (χ1v) is 4.98. The first-order valence-electron chi connectivity index (χ1n) is 4.58. The Kier molecular flexibility index (Phi) is 3.05. The van der Waals surface area contributed by atoms with E-state index in [1.165, 1.54) is 0 Å². The van der Waals surface area contributed by atoms with Crippen LogP contribution in [0.15, 0.2) is 47.8 Å². The maximum Gasteiger partial charge on any atom is 0.0645 e. The van der Waals surface area contributed by atoms with Crippen molar-refractivity contribution in [3.8, 4) is 0 Å². The first-order chi connectivity index (χ1) is 7.34. The summed E-state index contributed by atoms with van der Waals surface area (Å²) in [7, 11) is 0. The molecule has 0 atom stereocenters. The minimum Gasteiger partial charge on any atom is -0.740 e. The van der Waals surface area contributed by atoms with E-state index in [1.54, 1.807) is 6.20 Å². The summed E-state index contributed by atoms with van der Waals surface area (Å²) in [5.41, 5.74) is 1.97. The summed E-state index contributed by atoms with van der Waals surface area (Å²) < 4.78 is 0. The summed E-state index contributed by atoms with van der Waals surface area (Å²) in [5.74, 6) is 0. The average Bonchev–Trinajstić information content (AvgIpc) is 2.28. The van der Waals surface area contributed by atoms with Crippen molar-refractivity contribution in [1.82, 2.24) is 9.97 Å². The lowest BCUT2D eigenvalue weighted by atomic mass is 10.2. The third-order valence-corrected chi connectivity index (χ3v) is 2.10. The lowest BCUT2D eigenvalue weighted by Crippen LogP contribution is -1.87. The zero-order valence-electron chi connectivity index (χ0n) is 8.00. The molecule has 2 aromatic rings. The van der Waals surface area contributed by atoms with E-state index in [0.29, 0.717) is 5.16 Å². The minimum atomic E-state index is 0.380. The normalized spacial score (nSPS) is 10.7. The third-order valence-electron chi connectivity index (χ3n) is 1.90. The van der Waals surface area contributed by atoms with Crippen molar-refractivity contribution < 1.29 is 0 Å². The molecule has 0 unspecified atom stereocenters. The van der Waals surface area contributed by atoms with Crippen LogP contribution >= 0.6 is 0 Å². The number of benzene rings is 1. The highest BCUT2D eigenvalue weighted by atomic mass is 32.1. The molecule has 1 aromatic carbocycles. The zero-order valence-corrected chi connectivity index (χ0v) is 8.82. The second kappa shape index (κ2) is 4.66. The molecule has 15 heavy (non-hydrogen) atoms. The maximum atomic E-state index is 4.87. The lowest BCUT2D eigenvalue weighted by Gasteiger charge is -2.01. The Morgan fingerprint density at radius 2 is 1.80 bits per heavy atom. The monoisotopic (exact) mass is 213 g/mol. The molecule has 0 aliphatic heterocycles. The zero-order chi connectivity index (χ0) is 10.5. The molecule has 74 valence electrons. The summed E-state index contributed by atoms with van der Waals surface area (Å²) in [6.45, 7) is 0. The molecule has 0 aliphatic rings. The van der Waals surface area contributed by atoms with Crippen LogP contribution in [0.5, 0.6) is 0 Å². The first kappa shape index (κ1) is 9.80. The predicted octanol–water partition coefficient (Wildman–Crippen LogP) is 2.55. The molecule has 2 nitrogen and oxygen atoms in total. The van der Waals surface area contributed by atoms with Gasteiger partial charge >= 0.3 is 0 Å². The van der Waals surface area contributed by atoms with E-state index < -0.39 is 0 Å². The van der Waals surface area contributed by atoms with E-state index in [0.717, 1.165) is 11.3 Å². The Morgan fingerprint density at radius 1 is 1.00 bits per heavy atom. The van der Waals surface area contributed by atoms with Crippen LogP contribution in [0.4, 0.5) is 0 Å². The van der Waals surface area contributed by atoms with Crippen LogP contribution in [0.3, 0.4) is 0 Å². The molecule has 0 spiro atoms. The molecule has 0 fully saturated rings. The summed E-state index contributed by atoms with van der Waals surface area (Å²) in [4.78, 5) is 7.97. The van der Waals surface area contributed by atoms with Crippen molar-refractivity contribution in [3.05, 3.63) is 53.9 Å². The molecule has 3 heteroatoms. The average molecular weight is 213 g/mol. The van der Waals surface area contributed by atoms with Gasteiger partial charge in [0.2, 0.25) is 0 Å². The van der Waals surface area contributed by atoms with Crippen LogP contribution < -0.4 is 0 Å². The second-order valence-electron chi connectivity index (χ2n) is 3.01. The van der Waals surface area contributed by atoms with Crippen LogP contribution in [0.25, 0.3) is 12.2 Å². The van der Waals surface area contributed by atoms with E-state index in [-0.39, 0.29) is 0 Å². The molecule has 1 aromatic heterocycles. The number of hydrogen-bond acceptors (Lipinski definition) is 3. The molecule has 0 aliphatic carbocycles. The maximum absolute atomic E-state index is 4.87. The Balaban J connectivity index is 2.19. The predicted molar refractivity (Wildman–Crippen MR) is 63.0 cm³/mol. The van der Waals surface area contributed by atoms with Crippen LogP contribution in [-0.4, -0.2) is 9.97 Å². The molecule has 2 rings (SSSR count). The van der Waals surface area contributed by atoms with Crippen LogP contribution in [0.2, 0.25) is 0 Å². The molecule has 0 saturated carbocycles. The molecule has 0 radical (unpaired) electrons. The van der Waals surface area contributed by atoms with E-state index in [9.17, 15) is 0 Å². The molecule has 1 heterocycles. The van der Waals surface area contributed by atoms with Gasteiger partial charge in [0.25, 0.3) is 0 Å². The van der Waals surface area contributed by atoms with E-state index in [4.69, 9.17) is 12.6 Å². The fourth-order valence-corrected chi connectivity index (χ4v) is 1.36. The molecular weight excluding hydrogens is 204 g/mol. The number of hydrogen-bond donors (Lipinski definition) is 0. The second-order valence-corrected chi connectivity index (χ2v) is 3.37. The van der Waals surface area contributed by atoms with E-state index in [1.807, 2.05) is 48.6 Å². The summed E-state index contributed by atoms with van der Waals surface area (Å²) >= 11 is 4.87. The van der Waals surface area contributed by atoms with Crippen molar-refractivity contribution in [3.63, 3.8) is 0 Å². The van der Waals surface area contributed by atoms with Gasteiger partial charge < -0.3 is 12.6 Å². The highest BCUT2D eigenvalue weighted by Crippen LogP contribution is 2.05.